The Hall–Kier alpha value is -1.26. The quantitative estimate of drug-likeness (QED) is 0.870. The molecule has 0 heterocycles. The molecule has 0 aliphatic rings. The van der Waals surface area contributed by atoms with Gasteiger partial charge in [0, 0.05) is 6.61 Å². The molecule has 2 atom stereocenters. The van der Waals surface area contributed by atoms with Crippen molar-refractivity contribution in [2.24, 2.45) is 11.1 Å². The van der Waals surface area contributed by atoms with Gasteiger partial charge in [0.15, 0.2) is 0 Å². The molecule has 1 aromatic carbocycles. The highest BCUT2D eigenvalue weighted by Gasteiger charge is 2.34. The van der Waals surface area contributed by atoms with Gasteiger partial charge in [0.1, 0.15) is 11.5 Å². The lowest BCUT2D eigenvalue weighted by Gasteiger charge is -2.36. The van der Waals surface area contributed by atoms with Gasteiger partial charge in [0.25, 0.3) is 0 Å². The Balaban J connectivity index is 3.26. The van der Waals surface area contributed by atoms with E-state index in [-0.39, 0.29) is 17.6 Å². The Morgan fingerprint density at radius 1 is 1.10 bits per heavy atom. The highest BCUT2D eigenvalue weighted by atomic mass is 16.5. The maximum Gasteiger partial charge on any atom is 0.127 e. The number of nitrogens with two attached hydrogens (primary N) is 1. The predicted molar refractivity (Wildman–Crippen MR) is 81.3 cm³/mol. The Bertz CT molecular complexity index is 404. The average Bonchev–Trinajstić information content (AvgIpc) is 2.41. The van der Waals surface area contributed by atoms with Crippen molar-refractivity contribution >= 4 is 0 Å². The van der Waals surface area contributed by atoms with Gasteiger partial charge in [-0.1, -0.05) is 26.8 Å². The normalized spacial score (nSPS) is 14.8. The van der Waals surface area contributed by atoms with Crippen molar-refractivity contribution in [3.8, 4) is 11.5 Å². The number of rotatable bonds is 6. The summed E-state index contributed by atoms with van der Waals surface area (Å²) in [5.74, 6) is 1.46. The molecule has 0 aromatic heterocycles. The average molecular weight is 281 g/mol. The van der Waals surface area contributed by atoms with Crippen LogP contribution in [-0.4, -0.2) is 26.9 Å². The summed E-state index contributed by atoms with van der Waals surface area (Å²) in [6.45, 7) is 8.96. The summed E-state index contributed by atoms with van der Waals surface area (Å²) in [4.78, 5) is 0. The van der Waals surface area contributed by atoms with Crippen molar-refractivity contribution in [1.29, 1.82) is 0 Å². The first-order chi connectivity index (χ1) is 9.36. The highest BCUT2D eigenvalue weighted by Crippen LogP contribution is 2.39. The molecule has 0 fully saturated rings. The molecule has 4 nitrogen and oxygen atoms in total. The second kappa shape index (κ2) is 6.95. The summed E-state index contributed by atoms with van der Waals surface area (Å²) in [6, 6.07) is 5.36. The van der Waals surface area contributed by atoms with Crippen LogP contribution in [0.2, 0.25) is 0 Å². The van der Waals surface area contributed by atoms with E-state index in [0.717, 1.165) is 17.1 Å². The molecular weight excluding hydrogens is 254 g/mol. The van der Waals surface area contributed by atoms with Crippen LogP contribution in [-0.2, 0) is 4.74 Å². The zero-order chi connectivity index (χ0) is 15.3. The summed E-state index contributed by atoms with van der Waals surface area (Å²) in [5.41, 5.74) is 7.25. The molecule has 2 N–H and O–H groups in total. The van der Waals surface area contributed by atoms with Crippen LogP contribution in [0, 0.1) is 5.41 Å². The zero-order valence-corrected chi connectivity index (χ0v) is 13.4. The smallest absolute Gasteiger partial charge is 0.127 e. The molecule has 0 amide bonds. The Morgan fingerprint density at radius 2 is 1.60 bits per heavy atom. The number of ether oxygens (including phenoxy) is 3. The van der Waals surface area contributed by atoms with Crippen LogP contribution >= 0.6 is 0 Å². The lowest BCUT2D eigenvalue weighted by molar-refractivity contribution is -0.0290. The highest BCUT2D eigenvalue weighted by molar-refractivity contribution is 5.47. The minimum absolute atomic E-state index is 0.0821. The first-order valence-electron chi connectivity index (χ1n) is 6.94. The van der Waals surface area contributed by atoms with Gasteiger partial charge in [0.2, 0.25) is 0 Å². The van der Waals surface area contributed by atoms with Crippen molar-refractivity contribution in [3.05, 3.63) is 23.8 Å². The van der Waals surface area contributed by atoms with Crippen LogP contribution < -0.4 is 15.2 Å². The molecule has 0 bridgehead atoms. The Morgan fingerprint density at radius 3 is 1.95 bits per heavy atom. The van der Waals surface area contributed by atoms with E-state index in [2.05, 4.69) is 20.8 Å². The largest absolute Gasteiger partial charge is 0.496 e. The molecule has 0 aliphatic heterocycles. The summed E-state index contributed by atoms with van der Waals surface area (Å²) in [6.07, 6.45) is -0.127. The lowest BCUT2D eigenvalue weighted by Crippen LogP contribution is -2.39. The topological polar surface area (TPSA) is 53.7 Å². The van der Waals surface area contributed by atoms with Crippen LogP contribution in [0.15, 0.2) is 18.2 Å². The second-order valence-electron chi connectivity index (χ2n) is 5.84. The SMILES string of the molecule is CCOC(C(N)c1c(OC)cccc1OC)C(C)(C)C. The fraction of sp³-hybridized carbons (Fsp3) is 0.625. The van der Waals surface area contributed by atoms with Crippen molar-refractivity contribution in [2.45, 2.75) is 39.8 Å². The van der Waals surface area contributed by atoms with E-state index in [9.17, 15) is 0 Å². The Labute approximate surface area is 122 Å². The van der Waals surface area contributed by atoms with E-state index in [4.69, 9.17) is 19.9 Å². The van der Waals surface area contributed by atoms with Crippen molar-refractivity contribution in [3.63, 3.8) is 0 Å². The fourth-order valence-corrected chi connectivity index (χ4v) is 2.43. The van der Waals surface area contributed by atoms with Gasteiger partial charge in [-0.2, -0.15) is 0 Å². The summed E-state index contributed by atoms with van der Waals surface area (Å²) in [5, 5.41) is 0. The van der Waals surface area contributed by atoms with E-state index in [1.807, 2.05) is 25.1 Å². The van der Waals surface area contributed by atoms with Gasteiger partial charge in [-0.05, 0) is 24.5 Å². The molecule has 0 radical (unpaired) electrons. The molecule has 2 unspecified atom stereocenters. The molecule has 0 spiro atoms. The number of hydrogen-bond donors (Lipinski definition) is 1. The van der Waals surface area contributed by atoms with Gasteiger partial charge in [-0.3, -0.25) is 0 Å². The number of hydrogen-bond acceptors (Lipinski definition) is 4. The van der Waals surface area contributed by atoms with E-state index < -0.39 is 0 Å². The minimum Gasteiger partial charge on any atom is -0.496 e. The predicted octanol–water partition coefficient (Wildman–Crippen LogP) is 3.15. The molecule has 0 saturated heterocycles. The summed E-state index contributed by atoms with van der Waals surface area (Å²) < 4.78 is 16.8. The van der Waals surface area contributed by atoms with E-state index in [1.165, 1.54) is 0 Å². The van der Waals surface area contributed by atoms with Crippen molar-refractivity contribution in [2.75, 3.05) is 20.8 Å². The first kappa shape index (κ1) is 16.8. The summed E-state index contributed by atoms with van der Waals surface area (Å²) in [7, 11) is 3.27. The van der Waals surface area contributed by atoms with Crippen LogP contribution in [0.4, 0.5) is 0 Å². The van der Waals surface area contributed by atoms with Crippen LogP contribution in [0.25, 0.3) is 0 Å². The number of methoxy groups -OCH3 is 2. The third-order valence-corrected chi connectivity index (χ3v) is 3.33. The molecule has 114 valence electrons. The summed E-state index contributed by atoms with van der Waals surface area (Å²) >= 11 is 0. The van der Waals surface area contributed by atoms with Gasteiger partial charge in [0.05, 0.1) is 31.9 Å². The monoisotopic (exact) mass is 281 g/mol. The third kappa shape index (κ3) is 3.64. The lowest BCUT2D eigenvalue weighted by atomic mass is 9.82. The van der Waals surface area contributed by atoms with Crippen molar-refractivity contribution in [1.82, 2.24) is 0 Å². The van der Waals surface area contributed by atoms with E-state index in [1.54, 1.807) is 14.2 Å². The standard InChI is InChI=1S/C16H27NO3/c1-7-20-15(16(2,3)4)14(17)13-11(18-5)9-8-10-12(13)19-6/h8-10,14-15H,7,17H2,1-6H3. The minimum atomic E-state index is -0.318. The molecule has 20 heavy (non-hydrogen) atoms. The van der Waals surface area contributed by atoms with Gasteiger partial charge in [-0.25, -0.2) is 0 Å². The zero-order valence-electron chi connectivity index (χ0n) is 13.4. The van der Waals surface area contributed by atoms with Crippen LogP contribution in [0.1, 0.15) is 39.3 Å². The third-order valence-electron chi connectivity index (χ3n) is 3.33. The van der Waals surface area contributed by atoms with Crippen molar-refractivity contribution < 1.29 is 14.2 Å². The maximum absolute atomic E-state index is 6.48. The maximum atomic E-state index is 6.48. The van der Waals surface area contributed by atoms with Gasteiger partial charge >= 0.3 is 0 Å². The van der Waals surface area contributed by atoms with Gasteiger partial charge < -0.3 is 19.9 Å². The van der Waals surface area contributed by atoms with Gasteiger partial charge in [-0.15, -0.1) is 0 Å². The first-order valence-corrected chi connectivity index (χ1v) is 6.94. The fourth-order valence-electron chi connectivity index (χ4n) is 2.43. The van der Waals surface area contributed by atoms with Crippen LogP contribution in [0.5, 0.6) is 11.5 Å². The number of benzene rings is 1. The van der Waals surface area contributed by atoms with Crippen LogP contribution in [0.3, 0.4) is 0 Å². The van der Waals surface area contributed by atoms with E-state index in [0.29, 0.717) is 6.61 Å². The molecule has 4 heteroatoms. The molecule has 0 aliphatic carbocycles. The Kier molecular flexibility index (Phi) is 5.84. The second-order valence-corrected chi connectivity index (χ2v) is 5.84. The van der Waals surface area contributed by atoms with E-state index >= 15 is 0 Å². The molecule has 1 aromatic rings. The molecule has 0 saturated carbocycles. The molecule has 1 rings (SSSR count). The molecular formula is C16H27NO3.